The predicted octanol–water partition coefficient (Wildman–Crippen LogP) is 4.04. The molecular formula is C20H19NO4. The highest BCUT2D eigenvalue weighted by molar-refractivity contribution is 6.01. The van der Waals surface area contributed by atoms with Crippen LogP contribution in [0, 0.1) is 0 Å². The highest BCUT2D eigenvalue weighted by atomic mass is 16.6. The molecule has 0 fully saturated rings. The lowest BCUT2D eigenvalue weighted by Crippen LogP contribution is -2.25. The van der Waals surface area contributed by atoms with Gasteiger partial charge in [0.15, 0.2) is 0 Å². The number of esters is 1. The number of hydrogen-bond acceptors (Lipinski definition) is 5. The second kappa shape index (κ2) is 6.43. The molecule has 0 bridgehead atoms. The number of phenols is 1. The summed E-state index contributed by atoms with van der Waals surface area (Å²) in [6, 6.07) is 12.1. The normalized spacial score (nSPS) is 11.3. The zero-order chi connectivity index (χ0) is 18.0. The van der Waals surface area contributed by atoms with Crippen LogP contribution in [0.25, 0.3) is 10.8 Å². The van der Waals surface area contributed by atoms with E-state index in [0.717, 1.165) is 10.9 Å². The van der Waals surface area contributed by atoms with E-state index < -0.39 is 11.6 Å². The standard InChI is InChI=1S/C20H19NO4/c1-20(2,14-8-10-21-11-9-14)25-19(23)17-6-4-13-12-15(24-3)5-7-16(13)18(17)22/h4-12,22H,1-3H3. The number of aromatic nitrogens is 1. The van der Waals surface area contributed by atoms with Crippen molar-refractivity contribution in [3.63, 3.8) is 0 Å². The van der Waals surface area contributed by atoms with Gasteiger partial charge in [0, 0.05) is 17.8 Å². The summed E-state index contributed by atoms with van der Waals surface area (Å²) in [7, 11) is 1.58. The van der Waals surface area contributed by atoms with Crippen molar-refractivity contribution in [2.75, 3.05) is 7.11 Å². The van der Waals surface area contributed by atoms with E-state index in [0.29, 0.717) is 11.1 Å². The number of fused-ring (bicyclic) bond motifs is 1. The zero-order valence-corrected chi connectivity index (χ0v) is 14.3. The number of hydrogen-bond donors (Lipinski definition) is 1. The molecule has 0 saturated heterocycles. The SMILES string of the molecule is COc1ccc2c(O)c(C(=O)OC(C)(C)c3ccncc3)ccc2c1. The van der Waals surface area contributed by atoms with E-state index >= 15 is 0 Å². The smallest absolute Gasteiger partial charge is 0.342 e. The number of benzene rings is 2. The fraction of sp³-hybridized carbons (Fsp3) is 0.200. The van der Waals surface area contributed by atoms with Gasteiger partial charge in [-0.15, -0.1) is 0 Å². The number of nitrogens with zero attached hydrogens (tertiary/aromatic N) is 1. The van der Waals surface area contributed by atoms with E-state index in [4.69, 9.17) is 9.47 Å². The summed E-state index contributed by atoms with van der Waals surface area (Å²) < 4.78 is 10.8. The Bertz CT molecular complexity index is 920. The third-order valence-corrected chi connectivity index (χ3v) is 4.14. The Morgan fingerprint density at radius 1 is 1.08 bits per heavy atom. The molecule has 128 valence electrons. The van der Waals surface area contributed by atoms with Gasteiger partial charge in [-0.25, -0.2) is 4.79 Å². The van der Waals surface area contributed by atoms with Crippen molar-refractivity contribution in [1.29, 1.82) is 0 Å². The summed E-state index contributed by atoms with van der Waals surface area (Å²) in [5, 5.41) is 11.8. The molecule has 5 heteroatoms. The highest BCUT2D eigenvalue weighted by Crippen LogP contribution is 2.33. The number of carbonyl (C=O) groups excluding carboxylic acids is 1. The molecule has 0 radical (unpaired) electrons. The van der Waals surface area contributed by atoms with Gasteiger partial charge < -0.3 is 14.6 Å². The molecule has 2 aromatic carbocycles. The summed E-state index contributed by atoms with van der Waals surface area (Å²) in [6.07, 6.45) is 3.29. The summed E-state index contributed by atoms with van der Waals surface area (Å²) >= 11 is 0. The Morgan fingerprint density at radius 2 is 1.80 bits per heavy atom. The Balaban J connectivity index is 1.93. The van der Waals surface area contributed by atoms with E-state index in [2.05, 4.69) is 4.98 Å². The maximum absolute atomic E-state index is 12.6. The first kappa shape index (κ1) is 16.8. The number of carbonyl (C=O) groups is 1. The van der Waals surface area contributed by atoms with Gasteiger partial charge >= 0.3 is 5.97 Å². The molecule has 0 atom stereocenters. The third kappa shape index (κ3) is 3.26. The molecule has 0 spiro atoms. The molecule has 1 N–H and O–H groups in total. The monoisotopic (exact) mass is 337 g/mol. The van der Waals surface area contributed by atoms with Gasteiger partial charge in [0.1, 0.15) is 22.7 Å². The van der Waals surface area contributed by atoms with Crippen LogP contribution in [0.1, 0.15) is 29.8 Å². The minimum Gasteiger partial charge on any atom is -0.506 e. The fourth-order valence-electron chi connectivity index (χ4n) is 2.68. The topological polar surface area (TPSA) is 68.7 Å². The van der Waals surface area contributed by atoms with Gasteiger partial charge in [-0.2, -0.15) is 0 Å². The van der Waals surface area contributed by atoms with Gasteiger partial charge in [-0.3, -0.25) is 4.98 Å². The summed E-state index contributed by atoms with van der Waals surface area (Å²) in [6.45, 7) is 3.59. The molecule has 3 aromatic rings. The minimum atomic E-state index is -0.846. The second-order valence-electron chi connectivity index (χ2n) is 6.18. The van der Waals surface area contributed by atoms with Crippen molar-refractivity contribution in [2.45, 2.75) is 19.4 Å². The second-order valence-corrected chi connectivity index (χ2v) is 6.18. The lowest BCUT2D eigenvalue weighted by atomic mass is 9.99. The van der Waals surface area contributed by atoms with Crippen LogP contribution >= 0.6 is 0 Å². The maximum Gasteiger partial charge on any atom is 0.342 e. The third-order valence-electron chi connectivity index (χ3n) is 4.14. The first-order chi connectivity index (χ1) is 11.9. The quantitative estimate of drug-likeness (QED) is 0.728. The average Bonchev–Trinajstić information content (AvgIpc) is 2.62. The first-order valence-electron chi connectivity index (χ1n) is 7.86. The van der Waals surface area contributed by atoms with Crippen molar-refractivity contribution < 1.29 is 19.4 Å². The Hall–Kier alpha value is -3.08. The number of pyridine rings is 1. The molecule has 3 rings (SSSR count). The van der Waals surface area contributed by atoms with Gasteiger partial charge in [0.25, 0.3) is 0 Å². The Kier molecular flexibility index (Phi) is 4.31. The summed E-state index contributed by atoms with van der Waals surface area (Å²) in [4.78, 5) is 16.6. The number of ether oxygens (including phenoxy) is 2. The lowest BCUT2D eigenvalue weighted by Gasteiger charge is -2.25. The van der Waals surface area contributed by atoms with E-state index in [9.17, 15) is 9.90 Å². The number of aromatic hydroxyl groups is 1. The van der Waals surface area contributed by atoms with E-state index in [1.807, 2.05) is 0 Å². The van der Waals surface area contributed by atoms with E-state index in [1.54, 1.807) is 75.8 Å². The van der Waals surface area contributed by atoms with Crippen molar-refractivity contribution in [1.82, 2.24) is 4.98 Å². The van der Waals surface area contributed by atoms with Crippen molar-refractivity contribution in [3.8, 4) is 11.5 Å². The Labute approximate surface area is 145 Å². The summed E-state index contributed by atoms with van der Waals surface area (Å²) in [5.74, 6) is -0.00578. The van der Waals surface area contributed by atoms with Crippen LogP contribution in [0.2, 0.25) is 0 Å². The van der Waals surface area contributed by atoms with Gasteiger partial charge in [0.2, 0.25) is 0 Å². The Morgan fingerprint density at radius 3 is 2.48 bits per heavy atom. The molecule has 0 aliphatic carbocycles. The fourth-order valence-corrected chi connectivity index (χ4v) is 2.68. The molecule has 1 aromatic heterocycles. The van der Waals surface area contributed by atoms with Crippen LogP contribution < -0.4 is 4.74 Å². The van der Waals surface area contributed by atoms with Crippen LogP contribution in [0.5, 0.6) is 11.5 Å². The highest BCUT2D eigenvalue weighted by Gasteiger charge is 2.27. The molecular weight excluding hydrogens is 318 g/mol. The largest absolute Gasteiger partial charge is 0.506 e. The summed E-state index contributed by atoms with van der Waals surface area (Å²) in [5.41, 5.74) is 0.0992. The van der Waals surface area contributed by atoms with Gasteiger partial charge in [-0.1, -0.05) is 6.07 Å². The molecule has 1 heterocycles. The number of rotatable bonds is 4. The van der Waals surface area contributed by atoms with E-state index in [1.165, 1.54) is 0 Å². The van der Waals surface area contributed by atoms with E-state index in [-0.39, 0.29) is 11.3 Å². The molecule has 0 saturated carbocycles. The lowest BCUT2D eigenvalue weighted by molar-refractivity contribution is -0.00339. The van der Waals surface area contributed by atoms with Crippen molar-refractivity contribution in [3.05, 3.63) is 66.0 Å². The minimum absolute atomic E-state index is 0.101. The molecule has 0 amide bonds. The first-order valence-corrected chi connectivity index (χ1v) is 7.86. The van der Waals surface area contributed by atoms with Gasteiger partial charge in [-0.05, 0) is 61.2 Å². The molecule has 5 nitrogen and oxygen atoms in total. The van der Waals surface area contributed by atoms with Crippen LogP contribution in [-0.2, 0) is 10.3 Å². The van der Waals surface area contributed by atoms with Crippen LogP contribution in [0.15, 0.2) is 54.9 Å². The molecule has 0 aliphatic heterocycles. The predicted molar refractivity (Wildman–Crippen MR) is 94.8 cm³/mol. The zero-order valence-electron chi connectivity index (χ0n) is 14.3. The molecule has 0 aliphatic rings. The van der Waals surface area contributed by atoms with Crippen LogP contribution in [0.4, 0.5) is 0 Å². The maximum atomic E-state index is 12.6. The molecule has 25 heavy (non-hydrogen) atoms. The van der Waals surface area contributed by atoms with Crippen molar-refractivity contribution in [2.24, 2.45) is 0 Å². The number of phenolic OH excluding ortho intramolecular Hbond substituents is 1. The van der Waals surface area contributed by atoms with Gasteiger partial charge in [0.05, 0.1) is 7.11 Å². The number of methoxy groups -OCH3 is 1. The molecule has 0 unspecified atom stereocenters. The van der Waals surface area contributed by atoms with Crippen LogP contribution in [-0.4, -0.2) is 23.2 Å². The van der Waals surface area contributed by atoms with Crippen LogP contribution in [0.3, 0.4) is 0 Å². The average molecular weight is 337 g/mol. The van der Waals surface area contributed by atoms with Crippen molar-refractivity contribution >= 4 is 16.7 Å².